The zero-order chi connectivity index (χ0) is 16.3. The molecule has 0 aliphatic rings. The molecule has 3 nitrogen and oxygen atoms in total. The lowest BCUT2D eigenvalue weighted by Gasteiger charge is -2.04. The first-order valence-corrected chi connectivity index (χ1v) is 8.03. The molecule has 1 aromatic carbocycles. The van der Waals surface area contributed by atoms with Crippen LogP contribution in [0.3, 0.4) is 0 Å². The van der Waals surface area contributed by atoms with Crippen LogP contribution in [0.2, 0.25) is 5.02 Å². The predicted octanol–water partition coefficient (Wildman–Crippen LogP) is 5.74. The highest BCUT2D eigenvalue weighted by molar-refractivity contribution is 6.34. The zero-order valence-corrected chi connectivity index (χ0v) is 14.5. The first kappa shape index (κ1) is 16.5. The van der Waals surface area contributed by atoms with Crippen molar-refractivity contribution in [3.05, 3.63) is 47.0 Å². The highest BCUT2D eigenvalue weighted by atomic mass is 35.5. The largest absolute Gasteiger partial charge is 0.358 e. The average molecular weight is 316 g/mol. The number of aromatic nitrogens is 3. The second-order valence-electron chi connectivity index (χ2n) is 5.34. The summed E-state index contributed by atoms with van der Waals surface area (Å²) < 4.78 is 0. The quantitative estimate of drug-likeness (QED) is 0.655. The van der Waals surface area contributed by atoms with Crippen LogP contribution >= 0.6 is 11.6 Å². The lowest BCUT2D eigenvalue weighted by Crippen LogP contribution is -1.89. The van der Waals surface area contributed by atoms with Crippen LogP contribution in [0.4, 0.5) is 0 Å². The molecular weight excluding hydrogens is 294 g/mol. The van der Waals surface area contributed by atoms with Gasteiger partial charge in [-0.2, -0.15) is 0 Å². The molecule has 2 heterocycles. The lowest BCUT2D eigenvalue weighted by atomic mass is 10.1. The van der Waals surface area contributed by atoms with Gasteiger partial charge in [0.25, 0.3) is 0 Å². The summed E-state index contributed by atoms with van der Waals surface area (Å²) in [7, 11) is 0. The first-order valence-electron chi connectivity index (χ1n) is 7.66. The van der Waals surface area contributed by atoms with E-state index in [1.54, 1.807) is 12.4 Å². The van der Waals surface area contributed by atoms with Gasteiger partial charge in [0.2, 0.25) is 0 Å². The predicted molar refractivity (Wildman–Crippen MR) is 94.5 cm³/mol. The van der Waals surface area contributed by atoms with Gasteiger partial charge in [-0.1, -0.05) is 39.3 Å². The fraction of sp³-hybridized carbons (Fsp3) is 0.333. The number of rotatable bonds is 2. The molecule has 0 saturated heterocycles. The van der Waals surface area contributed by atoms with Crippen LogP contribution in [0, 0.1) is 6.92 Å². The molecule has 0 aliphatic carbocycles. The van der Waals surface area contributed by atoms with E-state index in [1.165, 1.54) is 5.69 Å². The van der Waals surface area contributed by atoms with Gasteiger partial charge in [0.1, 0.15) is 0 Å². The molecule has 0 aliphatic heterocycles. The Labute approximate surface area is 136 Å². The van der Waals surface area contributed by atoms with E-state index in [4.69, 9.17) is 11.6 Å². The van der Waals surface area contributed by atoms with Gasteiger partial charge in [-0.3, -0.25) is 9.97 Å². The third kappa shape index (κ3) is 3.30. The molecule has 0 radical (unpaired) electrons. The molecule has 0 atom stereocenters. The van der Waals surface area contributed by atoms with E-state index >= 15 is 0 Å². The third-order valence-electron chi connectivity index (χ3n) is 3.41. The summed E-state index contributed by atoms with van der Waals surface area (Å²) in [5.41, 5.74) is 4.89. The van der Waals surface area contributed by atoms with Crippen LogP contribution in [0.5, 0.6) is 0 Å². The normalized spacial score (nSPS) is 10.7. The van der Waals surface area contributed by atoms with E-state index < -0.39 is 0 Å². The number of aryl methyl sites for hydroxylation is 1. The van der Waals surface area contributed by atoms with Crippen LogP contribution < -0.4 is 0 Å². The fourth-order valence-electron chi connectivity index (χ4n) is 2.21. The minimum atomic E-state index is 0.462. The van der Waals surface area contributed by atoms with Crippen LogP contribution in [0.25, 0.3) is 22.2 Å². The van der Waals surface area contributed by atoms with Gasteiger partial charge >= 0.3 is 0 Å². The summed E-state index contributed by atoms with van der Waals surface area (Å²) in [6.07, 6.45) is 3.51. The third-order valence-corrected chi connectivity index (χ3v) is 3.72. The maximum atomic E-state index is 6.38. The number of hydrogen-bond acceptors (Lipinski definition) is 2. The lowest BCUT2D eigenvalue weighted by molar-refractivity contribution is 0.836. The van der Waals surface area contributed by atoms with Crippen molar-refractivity contribution in [3.8, 4) is 11.3 Å². The summed E-state index contributed by atoms with van der Waals surface area (Å²) in [5, 5.41) is 1.83. The van der Waals surface area contributed by atoms with Crippen molar-refractivity contribution in [2.45, 2.75) is 40.5 Å². The molecule has 2 aromatic heterocycles. The van der Waals surface area contributed by atoms with Crippen LogP contribution in [0.1, 0.15) is 45.0 Å². The van der Waals surface area contributed by atoms with Crippen LogP contribution in [-0.4, -0.2) is 15.0 Å². The Morgan fingerprint density at radius 3 is 2.36 bits per heavy atom. The molecular formula is C18H22ClN3. The second kappa shape index (κ2) is 6.93. The van der Waals surface area contributed by atoms with Gasteiger partial charge in [0.15, 0.2) is 0 Å². The molecule has 0 bridgehead atoms. The van der Waals surface area contributed by atoms with Gasteiger partial charge in [-0.25, -0.2) is 0 Å². The van der Waals surface area contributed by atoms with E-state index in [-0.39, 0.29) is 0 Å². The highest BCUT2D eigenvalue weighted by Gasteiger charge is 2.10. The number of benzene rings is 1. The van der Waals surface area contributed by atoms with Gasteiger partial charge in [0, 0.05) is 28.4 Å². The van der Waals surface area contributed by atoms with E-state index in [1.807, 2.05) is 32.9 Å². The monoisotopic (exact) mass is 315 g/mol. The first-order chi connectivity index (χ1) is 10.5. The molecule has 116 valence electrons. The molecule has 0 saturated carbocycles. The standard InChI is InChI=1S/C16H16ClN3.C2H6/c1-9(2)14-5-11-4-13(17)12(6-15(11)20-14)16-8-18-10(3)7-19-16;1-2/h4-9,20H,1-3H3;1-2H3. The summed E-state index contributed by atoms with van der Waals surface area (Å²) in [6.45, 7) is 10.2. The Morgan fingerprint density at radius 1 is 1.05 bits per heavy atom. The molecule has 0 unspecified atom stereocenters. The Balaban J connectivity index is 0.000000847. The number of halogens is 1. The van der Waals surface area contributed by atoms with Crippen molar-refractivity contribution in [3.63, 3.8) is 0 Å². The van der Waals surface area contributed by atoms with Crippen LogP contribution in [0.15, 0.2) is 30.6 Å². The number of fused-ring (bicyclic) bond motifs is 1. The van der Waals surface area contributed by atoms with Crippen LogP contribution in [-0.2, 0) is 0 Å². The topological polar surface area (TPSA) is 41.6 Å². The maximum Gasteiger partial charge on any atom is 0.0901 e. The summed E-state index contributed by atoms with van der Waals surface area (Å²) in [6, 6.07) is 6.18. The van der Waals surface area contributed by atoms with Crippen molar-refractivity contribution in [2.75, 3.05) is 0 Å². The highest BCUT2D eigenvalue weighted by Crippen LogP contribution is 2.32. The van der Waals surface area contributed by atoms with Gasteiger partial charge in [0.05, 0.1) is 22.6 Å². The summed E-state index contributed by atoms with van der Waals surface area (Å²) in [5.74, 6) is 0.462. The molecule has 0 fully saturated rings. The number of nitrogens with one attached hydrogen (secondary N) is 1. The minimum absolute atomic E-state index is 0.462. The van der Waals surface area contributed by atoms with Gasteiger partial charge in [-0.05, 0) is 31.0 Å². The Bertz CT molecular complexity index is 758. The molecule has 4 heteroatoms. The SMILES string of the molecule is CC.Cc1cnc(-c2cc3[nH]c(C(C)C)cc3cc2Cl)cn1. The van der Waals surface area contributed by atoms with Crippen molar-refractivity contribution in [1.29, 1.82) is 0 Å². The maximum absolute atomic E-state index is 6.38. The van der Waals surface area contributed by atoms with E-state index in [0.717, 1.165) is 27.9 Å². The molecule has 22 heavy (non-hydrogen) atoms. The number of hydrogen-bond donors (Lipinski definition) is 1. The van der Waals surface area contributed by atoms with E-state index in [0.29, 0.717) is 10.9 Å². The van der Waals surface area contributed by atoms with E-state index in [9.17, 15) is 0 Å². The van der Waals surface area contributed by atoms with Crippen molar-refractivity contribution >= 4 is 22.5 Å². The smallest absolute Gasteiger partial charge is 0.0901 e. The summed E-state index contributed by atoms with van der Waals surface area (Å²) >= 11 is 6.38. The average Bonchev–Trinajstić information content (AvgIpc) is 2.92. The number of H-pyrrole nitrogens is 1. The molecule has 0 amide bonds. The fourth-order valence-corrected chi connectivity index (χ4v) is 2.48. The molecule has 0 spiro atoms. The Kier molecular flexibility index (Phi) is 5.19. The van der Waals surface area contributed by atoms with Crippen molar-refractivity contribution < 1.29 is 0 Å². The molecule has 3 rings (SSSR count). The van der Waals surface area contributed by atoms with Crippen molar-refractivity contribution in [1.82, 2.24) is 15.0 Å². The zero-order valence-electron chi connectivity index (χ0n) is 13.7. The van der Waals surface area contributed by atoms with Gasteiger partial charge in [-0.15, -0.1) is 0 Å². The number of nitrogens with zero attached hydrogens (tertiary/aromatic N) is 2. The van der Waals surface area contributed by atoms with E-state index in [2.05, 4.69) is 34.9 Å². The Morgan fingerprint density at radius 2 is 1.77 bits per heavy atom. The second-order valence-corrected chi connectivity index (χ2v) is 5.75. The summed E-state index contributed by atoms with van der Waals surface area (Å²) in [4.78, 5) is 12.1. The Hall–Kier alpha value is -1.87. The van der Waals surface area contributed by atoms with Gasteiger partial charge < -0.3 is 4.98 Å². The number of aromatic amines is 1. The molecule has 1 N–H and O–H groups in total. The molecule has 3 aromatic rings. The minimum Gasteiger partial charge on any atom is -0.358 e. The van der Waals surface area contributed by atoms with Crippen molar-refractivity contribution in [2.24, 2.45) is 0 Å².